The quantitative estimate of drug-likeness (QED) is 0.378. The third kappa shape index (κ3) is 70.1. The van der Waals surface area contributed by atoms with Gasteiger partial charge in [-0.1, -0.05) is 12.2 Å². The van der Waals surface area contributed by atoms with Crippen LogP contribution in [-0.2, 0) is 23.7 Å². The second-order valence-electron chi connectivity index (χ2n) is 4.09. The van der Waals surface area contributed by atoms with Gasteiger partial charge >= 0.3 is 0 Å². The molecule has 0 aliphatic heterocycles. The zero-order valence-electron chi connectivity index (χ0n) is 16.6. The van der Waals surface area contributed by atoms with E-state index in [1.807, 2.05) is 13.8 Å². The third-order valence-electron chi connectivity index (χ3n) is 1.71. The minimum Gasteiger partial charge on any atom is -0.394 e. The number of allylic oxidation sites excluding steroid dienone is 2. The van der Waals surface area contributed by atoms with Crippen molar-refractivity contribution in [3.63, 3.8) is 0 Å². The Morgan fingerprint density at radius 1 is 0.600 bits per heavy atom. The smallest absolute Gasteiger partial charge is 0.0701 e. The Kier molecular flexibility index (Phi) is 55.6. The number of aliphatic hydroxyl groups excluding tert-OH is 2. The molecule has 0 amide bonds. The topological polar surface area (TPSA) is 86.6 Å². The summed E-state index contributed by atoms with van der Waals surface area (Å²) in [4.78, 5) is 0. The van der Waals surface area contributed by atoms with E-state index in [9.17, 15) is 0 Å². The van der Waals surface area contributed by atoms with Crippen molar-refractivity contribution in [1.29, 1.82) is 0 Å². The van der Waals surface area contributed by atoms with Gasteiger partial charge in [0.15, 0.2) is 0 Å². The molecule has 0 aliphatic carbocycles. The molecule has 0 rings (SSSR count). The summed E-state index contributed by atoms with van der Waals surface area (Å²) in [6.07, 6.45) is 3.50. The molecule has 0 saturated heterocycles. The molecule has 25 heavy (non-hydrogen) atoms. The monoisotopic (exact) mass is 368 g/mol. The second kappa shape index (κ2) is 43.6. The van der Waals surface area contributed by atoms with Gasteiger partial charge in [-0.05, 0) is 13.8 Å². The molecule has 0 atom stereocenters. The van der Waals surface area contributed by atoms with E-state index in [0.717, 1.165) is 0 Å². The van der Waals surface area contributed by atoms with Gasteiger partial charge in [0.1, 0.15) is 0 Å². The molecule has 0 unspecified atom stereocenters. The lowest BCUT2D eigenvalue weighted by Crippen LogP contribution is -2.12. The molecule has 0 spiro atoms. The Balaban J connectivity index is -0.000000181. The molecule has 7 nitrogen and oxygen atoms in total. The Labute approximate surface area is 154 Å². The average Bonchev–Trinajstić information content (AvgIpc) is 2.61. The van der Waals surface area contributed by atoms with E-state index in [2.05, 4.69) is 13.2 Å². The van der Waals surface area contributed by atoms with Crippen LogP contribution in [0.1, 0.15) is 13.8 Å². The first-order valence-corrected chi connectivity index (χ1v) is 8.23. The Morgan fingerprint density at radius 2 is 0.800 bits per heavy atom. The molecule has 0 aliphatic rings. The van der Waals surface area contributed by atoms with Gasteiger partial charge in [0.2, 0.25) is 0 Å². The number of rotatable bonds is 13. The summed E-state index contributed by atoms with van der Waals surface area (Å²) in [5, 5.41) is 15.2. The number of hydrogen-bond acceptors (Lipinski definition) is 7. The summed E-state index contributed by atoms with van der Waals surface area (Å²) in [5.74, 6) is 0. The molecular weight excluding hydrogens is 328 g/mol. The van der Waals surface area contributed by atoms with Crippen LogP contribution in [0.5, 0.6) is 0 Å². The van der Waals surface area contributed by atoms with Crippen LogP contribution in [0.25, 0.3) is 0 Å². The predicted molar refractivity (Wildman–Crippen MR) is 102 cm³/mol. The fourth-order valence-electron chi connectivity index (χ4n) is 0.826. The molecule has 0 heterocycles. The zero-order valence-corrected chi connectivity index (χ0v) is 16.6. The largest absolute Gasteiger partial charge is 0.394 e. The Hall–Kier alpha value is -0.800. The molecule has 2 N–H and O–H groups in total. The van der Waals surface area contributed by atoms with Crippen molar-refractivity contribution in [2.75, 3.05) is 80.3 Å². The highest BCUT2D eigenvalue weighted by Gasteiger charge is 1.91. The summed E-state index contributed by atoms with van der Waals surface area (Å²) in [6, 6.07) is 0. The average molecular weight is 369 g/mol. The summed E-state index contributed by atoms with van der Waals surface area (Å²) in [6.45, 7) is 15.1. The van der Waals surface area contributed by atoms with Gasteiger partial charge in [-0.2, -0.15) is 0 Å². The molecule has 7 heteroatoms. The molecular formula is C18H40O7. The Bertz CT molecular complexity index is 182. The summed E-state index contributed by atoms with van der Waals surface area (Å²) < 4.78 is 25.3. The van der Waals surface area contributed by atoms with E-state index in [0.29, 0.717) is 52.9 Å². The van der Waals surface area contributed by atoms with Crippen LogP contribution >= 0.6 is 0 Å². The standard InChI is InChI=1S/C10H22O5.2C3H6.C2H6O2/c1-11-3-5-13-7-9-15-10-8-14-6-4-12-2;2*1-3-2;3-1-2-4/h3-10H2,1-2H3;2*3H,1H2,2H3;3-4H,1-2H2. The molecule has 0 aromatic carbocycles. The van der Waals surface area contributed by atoms with E-state index in [1.54, 1.807) is 26.4 Å². The van der Waals surface area contributed by atoms with Gasteiger partial charge in [-0.25, -0.2) is 0 Å². The van der Waals surface area contributed by atoms with E-state index in [-0.39, 0.29) is 13.2 Å². The van der Waals surface area contributed by atoms with Crippen molar-refractivity contribution in [3.8, 4) is 0 Å². The van der Waals surface area contributed by atoms with E-state index in [1.165, 1.54) is 0 Å². The van der Waals surface area contributed by atoms with Crippen LogP contribution in [0, 0.1) is 0 Å². The first-order valence-electron chi connectivity index (χ1n) is 8.23. The highest BCUT2D eigenvalue weighted by molar-refractivity contribution is 4.52. The minimum atomic E-state index is -0.125. The van der Waals surface area contributed by atoms with E-state index < -0.39 is 0 Å². The first kappa shape index (κ1) is 31.9. The van der Waals surface area contributed by atoms with Crippen LogP contribution in [0.2, 0.25) is 0 Å². The number of ether oxygens (including phenoxy) is 5. The predicted octanol–water partition coefficient (Wildman–Crippen LogP) is 1.68. The van der Waals surface area contributed by atoms with Gasteiger partial charge in [-0.15, -0.1) is 13.2 Å². The van der Waals surface area contributed by atoms with E-state index in [4.69, 9.17) is 33.9 Å². The van der Waals surface area contributed by atoms with Gasteiger partial charge in [-0.3, -0.25) is 0 Å². The van der Waals surface area contributed by atoms with Crippen LogP contribution in [0.4, 0.5) is 0 Å². The molecule has 0 radical (unpaired) electrons. The highest BCUT2D eigenvalue weighted by atomic mass is 16.6. The zero-order chi connectivity index (χ0) is 20.0. The minimum absolute atomic E-state index is 0.125. The van der Waals surface area contributed by atoms with Crippen molar-refractivity contribution >= 4 is 0 Å². The lowest BCUT2D eigenvalue weighted by molar-refractivity contribution is -0.00380. The molecule has 0 saturated carbocycles. The van der Waals surface area contributed by atoms with Crippen molar-refractivity contribution in [3.05, 3.63) is 25.3 Å². The first-order chi connectivity index (χ1) is 12.2. The summed E-state index contributed by atoms with van der Waals surface area (Å²) in [5.41, 5.74) is 0. The van der Waals surface area contributed by atoms with Crippen LogP contribution < -0.4 is 0 Å². The normalized spacial score (nSPS) is 8.72. The maximum Gasteiger partial charge on any atom is 0.0701 e. The lowest BCUT2D eigenvalue weighted by atomic mass is 10.7. The van der Waals surface area contributed by atoms with Crippen molar-refractivity contribution in [2.24, 2.45) is 0 Å². The van der Waals surface area contributed by atoms with E-state index >= 15 is 0 Å². The number of methoxy groups -OCH3 is 2. The van der Waals surface area contributed by atoms with Crippen LogP contribution in [-0.4, -0.2) is 90.5 Å². The van der Waals surface area contributed by atoms with Crippen molar-refractivity contribution < 1.29 is 33.9 Å². The highest BCUT2D eigenvalue weighted by Crippen LogP contribution is 1.81. The van der Waals surface area contributed by atoms with Gasteiger partial charge in [0, 0.05) is 14.2 Å². The summed E-state index contributed by atoms with van der Waals surface area (Å²) in [7, 11) is 3.30. The Morgan fingerprint density at radius 3 is 0.960 bits per heavy atom. The molecule has 0 aromatic heterocycles. The van der Waals surface area contributed by atoms with Crippen molar-refractivity contribution in [1.82, 2.24) is 0 Å². The molecule has 0 bridgehead atoms. The summed E-state index contributed by atoms with van der Waals surface area (Å²) >= 11 is 0. The van der Waals surface area contributed by atoms with Crippen molar-refractivity contribution in [2.45, 2.75) is 13.8 Å². The third-order valence-corrected chi connectivity index (χ3v) is 1.71. The van der Waals surface area contributed by atoms with Crippen LogP contribution in [0.3, 0.4) is 0 Å². The number of hydrogen-bond donors (Lipinski definition) is 2. The fraction of sp³-hybridized carbons (Fsp3) is 0.778. The van der Waals surface area contributed by atoms with Gasteiger partial charge in [0.05, 0.1) is 66.1 Å². The maximum atomic E-state index is 7.62. The van der Waals surface area contributed by atoms with Gasteiger partial charge < -0.3 is 33.9 Å². The molecule has 0 aromatic rings. The SMILES string of the molecule is C=CC.C=CC.COCCOCCOCCOCCOC.OCCO. The maximum absolute atomic E-state index is 7.62. The lowest BCUT2D eigenvalue weighted by Gasteiger charge is -2.06. The van der Waals surface area contributed by atoms with Crippen LogP contribution in [0.15, 0.2) is 25.3 Å². The number of aliphatic hydroxyl groups is 2. The van der Waals surface area contributed by atoms with Gasteiger partial charge in [0.25, 0.3) is 0 Å². The molecule has 0 fully saturated rings. The molecule has 154 valence electrons. The second-order valence-corrected chi connectivity index (χ2v) is 4.09. The fourth-order valence-corrected chi connectivity index (χ4v) is 0.826.